The molecule has 0 unspecified atom stereocenters. The van der Waals surface area contributed by atoms with E-state index in [9.17, 15) is 9.59 Å². The van der Waals surface area contributed by atoms with Crippen LogP contribution in [0.4, 0.5) is 5.69 Å². The summed E-state index contributed by atoms with van der Waals surface area (Å²) >= 11 is 0. The first-order chi connectivity index (χ1) is 11.5. The van der Waals surface area contributed by atoms with Gasteiger partial charge in [0.15, 0.2) is 0 Å². The monoisotopic (exact) mass is 328 g/mol. The van der Waals surface area contributed by atoms with Gasteiger partial charge in [-0.25, -0.2) is 4.79 Å². The fourth-order valence-corrected chi connectivity index (χ4v) is 2.70. The van der Waals surface area contributed by atoms with Crippen molar-refractivity contribution in [3.8, 4) is 0 Å². The third kappa shape index (κ3) is 3.05. The van der Waals surface area contributed by atoms with Crippen molar-refractivity contribution in [1.82, 2.24) is 4.90 Å². The third-order valence-corrected chi connectivity index (χ3v) is 4.16. The van der Waals surface area contributed by atoms with Gasteiger partial charge in [0.25, 0.3) is 0 Å². The fourth-order valence-electron chi connectivity index (χ4n) is 2.70. The molecule has 0 fully saturated rings. The van der Waals surface area contributed by atoms with E-state index in [1.807, 2.05) is 31.7 Å². The Bertz CT molecular complexity index is 951. The number of aryl methyl sites for hydroxylation is 1. The predicted molar refractivity (Wildman–Crippen MR) is 93.4 cm³/mol. The summed E-state index contributed by atoms with van der Waals surface area (Å²) in [6.07, 6.45) is 1.66. The summed E-state index contributed by atoms with van der Waals surface area (Å²) in [7, 11) is 0. The Morgan fingerprint density at radius 2 is 1.92 bits per heavy atom. The standard InChI is InChI=1S/C18H20N2O4/c1-4-20(5-2)9-17(21)19-14-7-12-6-13-11(3)10-23-16(13)8-15(12)24-18(14)22/h6-8,10H,4-5,9H2,1-3H3,(H,19,21). The molecule has 0 aliphatic heterocycles. The van der Waals surface area contributed by atoms with Crippen molar-refractivity contribution in [2.45, 2.75) is 20.8 Å². The summed E-state index contributed by atoms with van der Waals surface area (Å²) in [5.41, 5.74) is 1.69. The van der Waals surface area contributed by atoms with Gasteiger partial charge in [0.2, 0.25) is 5.91 Å². The molecule has 3 rings (SSSR count). The van der Waals surface area contributed by atoms with Crippen molar-refractivity contribution >= 4 is 33.5 Å². The zero-order valence-corrected chi connectivity index (χ0v) is 14.0. The first kappa shape index (κ1) is 16.3. The molecular formula is C18H20N2O4. The summed E-state index contributed by atoms with van der Waals surface area (Å²) in [5.74, 6) is -0.231. The quantitative estimate of drug-likeness (QED) is 0.728. The van der Waals surface area contributed by atoms with Crippen LogP contribution in [0, 0.1) is 6.92 Å². The number of benzene rings is 1. The van der Waals surface area contributed by atoms with Gasteiger partial charge in [-0.3, -0.25) is 9.69 Å². The van der Waals surface area contributed by atoms with Crippen LogP contribution in [0.1, 0.15) is 19.4 Å². The number of carbonyl (C=O) groups is 1. The molecule has 3 aromatic rings. The predicted octanol–water partition coefficient (Wildman–Crippen LogP) is 3.13. The maximum absolute atomic E-state index is 12.1. The number of amides is 1. The van der Waals surface area contributed by atoms with Crippen molar-refractivity contribution in [2.75, 3.05) is 25.0 Å². The van der Waals surface area contributed by atoms with E-state index in [1.165, 1.54) is 0 Å². The van der Waals surface area contributed by atoms with Gasteiger partial charge in [-0.15, -0.1) is 0 Å². The van der Waals surface area contributed by atoms with Crippen molar-refractivity contribution in [3.63, 3.8) is 0 Å². The van der Waals surface area contributed by atoms with Gasteiger partial charge >= 0.3 is 5.63 Å². The minimum Gasteiger partial charge on any atom is -0.464 e. The average Bonchev–Trinajstić information content (AvgIpc) is 2.92. The number of anilines is 1. The number of hydrogen-bond acceptors (Lipinski definition) is 5. The third-order valence-electron chi connectivity index (χ3n) is 4.16. The van der Waals surface area contributed by atoms with Crippen LogP contribution in [0.2, 0.25) is 0 Å². The highest BCUT2D eigenvalue weighted by Gasteiger charge is 2.13. The first-order valence-electron chi connectivity index (χ1n) is 7.99. The summed E-state index contributed by atoms with van der Waals surface area (Å²) in [6.45, 7) is 7.70. The first-order valence-corrected chi connectivity index (χ1v) is 7.99. The highest BCUT2D eigenvalue weighted by molar-refractivity contribution is 5.97. The fraction of sp³-hybridized carbons (Fsp3) is 0.333. The summed E-state index contributed by atoms with van der Waals surface area (Å²) < 4.78 is 10.7. The molecule has 24 heavy (non-hydrogen) atoms. The van der Waals surface area contributed by atoms with Crippen LogP contribution in [0.15, 0.2) is 38.1 Å². The van der Waals surface area contributed by atoms with Gasteiger partial charge in [-0.1, -0.05) is 13.8 Å². The Hall–Kier alpha value is -2.60. The van der Waals surface area contributed by atoms with E-state index in [4.69, 9.17) is 8.83 Å². The Morgan fingerprint density at radius 1 is 1.17 bits per heavy atom. The van der Waals surface area contributed by atoms with Gasteiger partial charge in [0.1, 0.15) is 16.9 Å². The largest absolute Gasteiger partial charge is 0.464 e. The van der Waals surface area contributed by atoms with E-state index < -0.39 is 5.63 Å². The van der Waals surface area contributed by atoms with Crippen LogP contribution in [0.3, 0.4) is 0 Å². The minimum absolute atomic E-state index is 0.153. The number of nitrogens with one attached hydrogen (secondary N) is 1. The molecule has 1 N–H and O–H groups in total. The van der Waals surface area contributed by atoms with Crippen LogP contribution in [-0.4, -0.2) is 30.4 Å². The van der Waals surface area contributed by atoms with Crippen LogP contribution < -0.4 is 10.9 Å². The summed E-state index contributed by atoms with van der Waals surface area (Å²) in [4.78, 5) is 26.2. The number of carbonyl (C=O) groups excluding carboxylic acids is 1. The molecule has 0 saturated carbocycles. The van der Waals surface area contributed by atoms with Gasteiger partial charge < -0.3 is 14.2 Å². The molecule has 0 aliphatic carbocycles. The average molecular weight is 328 g/mol. The number of furan rings is 1. The molecule has 126 valence electrons. The van der Waals surface area contributed by atoms with E-state index in [0.29, 0.717) is 11.2 Å². The van der Waals surface area contributed by atoms with E-state index in [1.54, 1.807) is 18.4 Å². The summed E-state index contributed by atoms with van der Waals surface area (Å²) in [5, 5.41) is 4.34. The van der Waals surface area contributed by atoms with E-state index in [0.717, 1.165) is 29.4 Å². The maximum atomic E-state index is 12.1. The Labute approximate surface area is 139 Å². The normalized spacial score (nSPS) is 11.5. The van der Waals surface area contributed by atoms with Gasteiger partial charge in [-0.05, 0) is 37.7 Å². The van der Waals surface area contributed by atoms with E-state index in [2.05, 4.69) is 5.32 Å². The van der Waals surface area contributed by atoms with E-state index >= 15 is 0 Å². The molecule has 0 bridgehead atoms. The maximum Gasteiger partial charge on any atom is 0.360 e. The molecule has 0 aliphatic rings. The molecule has 6 nitrogen and oxygen atoms in total. The Morgan fingerprint density at radius 3 is 2.62 bits per heavy atom. The molecule has 2 heterocycles. The number of likely N-dealkylation sites (N-methyl/N-ethyl adjacent to an activating group) is 1. The molecule has 6 heteroatoms. The second-order valence-corrected chi connectivity index (χ2v) is 5.76. The molecule has 0 spiro atoms. The lowest BCUT2D eigenvalue weighted by atomic mass is 10.1. The number of hydrogen-bond donors (Lipinski definition) is 1. The lowest BCUT2D eigenvalue weighted by molar-refractivity contribution is -0.117. The number of fused-ring (bicyclic) bond motifs is 2. The molecule has 2 aromatic heterocycles. The van der Waals surface area contributed by atoms with Crippen LogP contribution >= 0.6 is 0 Å². The van der Waals surface area contributed by atoms with Crippen molar-refractivity contribution < 1.29 is 13.6 Å². The van der Waals surface area contributed by atoms with Gasteiger partial charge in [0, 0.05) is 16.8 Å². The minimum atomic E-state index is -0.571. The number of rotatable bonds is 5. The number of nitrogens with zero attached hydrogens (tertiary/aromatic N) is 1. The zero-order chi connectivity index (χ0) is 17.3. The Balaban J connectivity index is 1.94. The zero-order valence-electron chi connectivity index (χ0n) is 14.0. The van der Waals surface area contributed by atoms with E-state index in [-0.39, 0.29) is 18.1 Å². The van der Waals surface area contributed by atoms with Crippen molar-refractivity contribution in [2.24, 2.45) is 0 Å². The highest BCUT2D eigenvalue weighted by Crippen LogP contribution is 2.27. The molecule has 1 amide bonds. The second-order valence-electron chi connectivity index (χ2n) is 5.76. The van der Waals surface area contributed by atoms with Crippen molar-refractivity contribution in [3.05, 3.63) is 40.4 Å². The van der Waals surface area contributed by atoms with Crippen LogP contribution in [-0.2, 0) is 4.79 Å². The summed E-state index contributed by atoms with van der Waals surface area (Å²) in [6, 6.07) is 5.24. The lowest BCUT2D eigenvalue weighted by Gasteiger charge is -2.16. The SMILES string of the molecule is CCN(CC)CC(=O)Nc1cc2cc3c(C)coc3cc2oc1=O. The van der Waals surface area contributed by atoms with Crippen molar-refractivity contribution in [1.29, 1.82) is 0 Å². The van der Waals surface area contributed by atoms with Gasteiger partial charge in [-0.2, -0.15) is 0 Å². The second kappa shape index (κ2) is 6.49. The van der Waals surface area contributed by atoms with Crippen LogP contribution in [0.5, 0.6) is 0 Å². The molecule has 1 aromatic carbocycles. The lowest BCUT2D eigenvalue weighted by Crippen LogP contribution is -2.33. The topological polar surface area (TPSA) is 75.7 Å². The Kier molecular flexibility index (Phi) is 4.40. The van der Waals surface area contributed by atoms with Gasteiger partial charge in [0.05, 0.1) is 12.8 Å². The molecule has 0 saturated heterocycles. The molecule has 0 atom stereocenters. The highest BCUT2D eigenvalue weighted by atomic mass is 16.4. The molecular weight excluding hydrogens is 308 g/mol. The van der Waals surface area contributed by atoms with Crippen LogP contribution in [0.25, 0.3) is 21.9 Å². The molecule has 0 radical (unpaired) electrons. The smallest absolute Gasteiger partial charge is 0.360 e.